The third kappa shape index (κ3) is 4.23. The van der Waals surface area contributed by atoms with Gasteiger partial charge in [-0.25, -0.2) is 8.42 Å². The number of rotatable bonds is 6. The summed E-state index contributed by atoms with van der Waals surface area (Å²) in [5, 5.41) is 0. The summed E-state index contributed by atoms with van der Waals surface area (Å²) < 4.78 is 30.7. The maximum absolute atomic E-state index is 12.5. The number of nitrogens with two attached hydrogens (primary N) is 1. The lowest BCUT2D eigenvalue weighted by atomic mass is 10.1. The number of carbonyl (C=O) groups is 1. The van der Waals surface area contributed by atoms with Crippen molar-refractivity contribution < 1.29 is 17.9 Å². The minimum Gasteiger partial charge on any atom is -0.465 e. The van der Waals surface area contributed by atoms with Crippen LogP contribution in [-0.4, -0.2) is 43.9 Å². The number of hydrogen-bond donors (Lipinski definition) is 1. The van der Waals surface area contributed by atoms with Crippen LogP contribution in [0.1, 0.15) is 18.1 Å². The van der Waals surface area contributed by atoms with E-state index < -0.39 is 16.0 Å². The molecule has 0 radical (unpaired) electrons. The van der Waals surface area contributed by atoms with Crippen molar-refractivity contribution in [2.45, 2.75) is 18.7 Å². The highest BCUT2D eigenvalue weighted by Crippen LogP contribution is 2.20. The van der Waals surface area contributed by atoms with Crippen molar-refractivity contribution >= 4 is 33.2 Å². The maximum Gasteiger partial charge on any atom is 0.321 e. The summed E-state index contributed by atoms with van der Waals surface area (Å²) in [6.07, 6.45) is 0. The maximum atomic E-state index is 12.5. The summed E-state index contributed by atoms with van der Waals surface area (Å²) in [4.78, 5) is 11.6. The summed E-state index contributed by atoms with van der Waals surface area (Å²) in [5.74, 6) is -0.605. The predicted molar refractivity (Wildman–Crippen MR) is 83.5 cm³/mol. The Bertz CT molecular complexity index is 656. The fourth-order valence-corrected chi connectivity index (χ4v) is 3.16. The molecule has 21 heavy (non-hydrogen) atoms. The Labute approximate surface area is 129 Å². The summed E-state index contributed by atoms with van der Waals surface area (Å²) >= 11 is 4.85. The molecule has 0 bridgehead atoms. The second-order valence-corrected chi connectivity index (χ2v) is 6.86. The van der Waals surface area contributed by atoms with Crippen LogP contribution in [0.15, 0.2) is 23.1 Å². The average molecular weight is 330 g/mol. The summed E-state index contributed by atoms with van der Waals surface area (Å²) in [6.45, 7) is 3.16. The van der Waals surface area contributed by atoms with E-state index in [2.05, 4.69) is 0 Å². The molecule has 0 aliphatic carbocycles. The van der Waals surface area contributed by atoms with Crippen LogP contribution in [0.4, 0.5) is 0 Å². The Morgan fingerprint density at radius 2 is 2.05 bits per heavy atom. The number of ether oxygens (including phenoxy) is 1. The molecule has 0 fully saturated rings. The highest BCUT2D eigenvalue weighted by Gasteiger charge is 2.25. The van der Waals surface area contributed by atoms with E-state index in [1.165, 1.54) is 13.1 Å². The van der Waals surface area contributed by atoms with Crippen LogP contribution in [0, 0.1) is 6.92 Å². The highest BCUT2D eigenvalue weighted by atomic mass is 32.2. The van der Waals surface area contributed by atoms with Crippen LogP contribution in [-0.2, 0) is 19.6 Å². The number of esters is 1. The third-order valence-corrected chi connectivity index (χ3v) is 5.00. The number of carbonyl (C=O) groups excluding carboxylic acids is 1. The molecule has 0 aliphatic rings. The molecule has 1 rings (SSSR count). The zero-order valence-electron chi connectivity index (χ0n) is 12.1. The number of likely N-dealkylation sites (N-methyl/N-ethyl adjacent to an activating group) is 1. The van der Waals surface area contributed by atoms with Gasteiger partial charge in [-0.05, 0) is 25.5 Å². The van der Waals surface area contributed by atoms with Gasteiger partial charge in [-0.3, -0.25) is 4.79 Å². The largest absolute Gasteiger partial charge is 0.465 e. The summed E-state index contributed by atoms with van der Waals surface area (Å²) in [7, 11) is -2.50. The fourth-order valence-electron chi connectivity index (χ4n) is 1.67. The molecule has 0 saturated carbocycles. The summed E-state index contributed by atoms with van der Waals surface area (Å²) in [6, 6.07) is 4.69. The molecule has 0 amide bonds. The van der Waals surface area contributed by atoms with Crippen molar-refractivity contribution in [1.82, 2.24) is 4.31 Å². The monoisotopic (exact) mass is 330 g/mol. The van der Waals surface area contributed by atoms with Crippen LogP contribution < -0.4 is 5.73 Å². The van der Waals surface area contributed by atoms with Crippen molar-refractivity contribution in [1.29, 1.82) is 0 Å². The number of aryl methyl sites for hydroxylation is 1. The molecule has 0 spiro atoms. The predicted octanol–water partition coefficient (Wildman–Crippen LogP) is 0.813. The molecule has 0 aromatic heterocycles. The third-order valence-electron chi connectivity index (χ3n) is 2.82. The van der Waals surface area contributed by atoms with Gasteiger partial charge in [0.15, 0.2) is 0 Å². The van der Waals surface area contributed by atoms with Crippen molar-refractivity contribution in [3.8, 4) is 0 Å². The van der Waals surface area contributed by atoms with Crippen LogP contribution in [0.3, 0.4) is 0 Å². The van der Waals surface area contributed by atoms with E-state index in [4.69, 9.17) is 22.7 Å². The van der Waals surface area contributed by atoms with Crippen LogP contribution in [0.2, 0.25) is 0 Å². The average Bonchev–Trinajstić information content (AvgIpc) is 2.38. The Morgan fingerprint density at radius 3 is 2.57 bits per heavy atom. The Morgan fingerprint density at radius 1 is 1.43 bits per heavy atom. The first-order valence-corrected chi connectivity index (χ1v) is 8.07. The Hall–Kier alpha value is -1.51. The van der Waals surface area contributed by atoms with Gasteiger partial charge in [-0.1, -0.05) is 24.4 Å². The van der Waals surface area contributed by atoms with Gasteiger partial charge in [0.2, 0.25) is 10.0 Å². The van der Waals surface area contributed by atoms with Crippen molar-refractivity contribution in [2.24, 2.45) is 5.73 Å². The molecule has 0 saturated heterocycles. The molecule has 0 atom stereocenters. The molecule has 8 heteroatoms. The van der Waals surface area contributed by atoms with Crippen LogP contribution in [0.5, 0.6) is 0 Å². The van der Waals surface area contributed by atoms with Crippen LogP contribution >= 0.6 is 12.2 Å². The van der Waals surface area contributed by atoms with E-state index in [-0.39, 0.29) is 23.0 Å². The van der Waals surface area contributed by atoms with Gasteiger partial charge in [0.1, 0.15) is 11.5 Å². The van der Waals surface area contributed by atoms with E-state index in [0.717, 1.165) is 4.31 Å². The second-order valence-electron chi connectivity index (χ2n) is 4.41. The molecule has 2 N–H and O–H groups in total. The van der Waals surface area contributed by atoms with Gasteiger partial charge in [0, 0.05) is 12.6 Å². The standard InChI is InChI=1S/C13H18N2O4S2/c1-4-19-12(16)8-15(3)21(17,18)11-7-10(13(14)20)6-5-9(11)2/h5-7H,4,8H2,1-3H3,(H2,14,20). The van der Waals surface area contributed by atoms with Crippen molar-refractivity contribution in [3.05, 3.63) is 29.3 Å². The van der Waals surface area contributed by atoms with E-state index in [1.54, 1.807) is 26.0 Å². The minimum atomic E-state index is -3.82. The fraction of sp³-hybridized carbons (Fsp3) is 0.385. The molecule has 6 nitrogen and oxygen atoms in total. The number of thiocarbonyl (C=S) groups is 1. The first-order chi connectivity index (χ1) is 9.70. The lowest BCUT2D eigenvalue weighted by Crippen LogP contribution is -2.33. The van der Waals surface area contributed by atoms with E-state index in [9.17, 15) is 13.2 Å². The normalized spacial score (nSPS) is 11.4. The number of benzene rings is 1. The molecular formula is C13H18N2O4S2. The smallest absolute Gasteiger partial charge is 0.321 e. The molecule has 0 unspecified atom stereocenters. The highest BCUT2D eigenvalue weighted by molar-refractivity contribution is 7.89. The van der Waals surface area contributed by atoms with Gasteiger partial charge in [0.25, 0.3) is 0 Å². The molecule has 116 valence electrons. The van der Waals surface area contributed by atoms with Gasteiger partial charge in [0.05, 0.1) is 11.5 Å². The quantitative estimate of drug-likeness (QED) is 0.613. The zero-order valence-corrected chi connectivity index (χ0v) is 13.8. The Balaban J connectivity index is 3.15. The molecular weight excluding hydrogens is 312 g/mol. The van der Waals surface area contributed by atoms with Crippen molar-refractivity contribution in [2.75, 3.05) is 20.2 Å². The van der Waals surface area contributed by atoms with E-state index in [0.29, 0.717) is 11.1 Å². The minimum absolute atomic E-state index is 0.0691. The topological polar surface area (TPSA) is 89.7 Å². The zero-order chi connectivity index (χ0) is 16.2. The van der Waals surface area contributed by atoms with Crippen LogP contribution in [0.25, 0.3) is 0 Å². The second kappa shape index (κ2) is 6.97. The SMILES string of the molecule is CCOC(=O)CN(C)S(=O)(=O)c1cc(C(N)=S)ccc1C. The first-order valence-electron chi connectivity index (χ1n) is 6.22. The van der Waals surface area contributed by atoms with E-state index in [1.807, 2.05) is 0 Å². The van der Waals surface area contributed by atoms with Gasteiger partial charge in [-0.2, -0.15) is 4.31 Å². The summed E-state index contributed by atoms with van der Waals surface area (Å²) in [5.41, 5.74) is 6.53. The first kappa shape index (κ1) is 17.5. The number of nitrogens with zero attached hydrogens (tertiary/aromatic N) is 1. The molecule has 0 heterocycles. The lowest BCUT2D eigenvalue weighted by Gasteiger charge is -2.18. The molecule has 1 aromatic carbocycles. The number of hydrogen-bond acceptors (Lipinski definition) is 5. The number of sulfonamides is 1. The van der Waals surface area contributed by atoms with Gasteiger partial charge < -0.3 is 10.5 Å². The molecule has 1 aromatic rings. The van der Waals surface area contributed by atoms with Gasteiger partial charge >= 0.3 is 5.97 Å². The lowest BCUT2D eigenvalue weighted by molar-refractivity contribution is -0.143. The van der Waals surface area contributed by atoms with E-state index >= 15 is 0 Å². The van der Waals surface area contributed by atoms with Gasteiger partial charge in [-0.15, -0.1) is 0 Å². The van der Waals surface area contributed by atoms with Crippen molar-refractivity contribution in [3.63, 3.8) is 0 Å². The Kier molecular flexibility index (Phi) is 5.82. The molecule has 0 aliphatic heterocycles.